The summed E-state index contributed by atoms with van der Waals surface area (Å²) in [6.45, 7) is 6.57. The Labute approximate surface area is 93.9 Å². The van der Waals surface area contributed by atoms with Gasteiger partial charge in [0.15, 0.2) is 0 Å². The summed E-state index contributed by atoms with van der Waals surface area (Å²) < 4.78 is 0. The number of anilines is 1. The first-order chi connectivity index (χ1) is 7.22. The first kappa shape index (κ1) is 12.1. The number of rotatable bonds is 6. The zero-order valence-electron chi connectivity index (χ0n) is 10.2. The average Bonchev–Trinajstić information content (AvgIpc) is 2.20. The lowest BCUT2D eigenvalue weighted by atomic mass is 10.1. The normalized spacial score (nSPS) is 10.7. The minimum Gasteiger partial charge on any atom is -0.383 e. The molecule has 0 atom stereocenters. The summed E-state index contributed by atoms with van der Waals surface area (Å²) in [5, 5.41) is 3.40. The van der Waals surface area contributed by atoms with Gasteiger partial charge in [-0.3, -0.25) is 0 Å². The monoisotopic (exact) mass is 205 g/mol. The molecule has 0 saturated heterocycles. The lowest BCUT2D eigenvalue weighted by molar-refractivity contribution is 0.717. The van der Waals surface area contributed by atoms with Crippen LogP contribution in [0.15, 0.2) is 24.3 Å². The van der Waals surface area contributed by atoms with E-state index in [0.29, 0.717) is 6.04 Å². The van der Waals surface area contributed by atoms with E-state index in [1.807, 2.05) is 0 Å². The molecule has 84 valence electrons. The molecular weight excluding hydrogens is 182 g/mol. The Hall–Kier alpha value is -0.980. The molecule has 1 aromatic carbocycles. The van der Waals surface area contributed by atoms with E-state index in [9.17, 15) is 0 Å². The van der Waals surface area contributed by atoms with E-state index in [2.05, 4.69) is 50.4 Å². The predicted molar refractivity (Wildman–Crippen MR) is 68.4 cm³/mol. The molecule has 15 heavy (non-hydrogen) atoms. The number of benzene rings is 1. The zero-order chi connectivity index (χ0) is 11.1. The van der Waals surface area contributed by atoms with Gasteiger partial charge < -0.3 is 5.32 Å². The third-order valence-electron chi connectivity index (χ3n) is 2.48. The van der Waals surface area contributed by atoms with Crippen molar-refractivity contribution in [2.45, 2.75) is 52.5 Å². The van der Waals surface area contributed by atoms with Crippen LogP contribution in [0.4, 0.5) is 5.69 Å². The standard InChI is InChI=1S/C14H23N/c1-4-5-6-7-13-8-10-14(11-9-13)15-12(2)3/h8-12,15H,4-7H2,1-3H3. The Bertz CT molecular complexity index is 261. The highest BCUT2D eigenvalue weighted by Gasteiger charge is 1.96. The molecule has 0 amide bonds. The number of nitrogens with one attached hydrogen (secondary N) is 1. The van der Waals surface area contributed by atoms with Crippen molar-refractivity contribution in [1.29, 1.82) is 0 Å². The maximum atomic E-state index is 3.40. The Morgan fingerprint density at radius 2 is 1.73 bits per heavy atom. The smallest absolute Gasteiger partial charge is 0.0342 e. The molecule has 0 fully saturated rings. The summed E-state index contributed by atoms with van der Waals surface area (Å²) in [6.07, 6.45) is 5.17. The quantitative estimate of drug-likeness (QED) is 0.685. The van der Waals surface area contributed by atoms with Gasteiger partial charge in [0.05, 0.1) is 0 Å². The van der Waals surface area contributed by atoms with E-state index >= 15 is 0 Å². The Balaban J connectivity index is 2.42. The Morgan fingerprint density at radius 1 is 1.07 bits per heavy atom. The summed E-state index contributed by atoms with van der Waals surface area (Å²) >= 11 is 0. The molecule has 0 spiro atoms. The Morgan fingerprint density at radius 3 is 2.27 bits per heavy atom. The molecule has 0 aliphatic heterocycles. The maximum Gasteiger partial charge on any atom is 0.0342 e. The predicted octanol–water partition coefficient (Wildman–Crippen LogP) is 4.24. The molecule has 0 aromatic heterocycles. The maximum absolute atomic E-state index is 3.40. The third-order valence-corrected chi connectivity index (χ3v) is 2.48. The second-order valence-electron chi connectivity index (χ2n) is 4.45. The molecule has 0 heterocycles. The van der Waals surface area contributed by atoms with E-state index in [4.69, 9.17) is 0 Å². The number of hydrogen-bond donors (Lipinski definition) is 1. The van der Waals surface area contributed by atoms with Gasteiger partial charge in [-0.25, -0.2) is 0 Å². The van der Waals surface area contributed by atoms with Crippen LogP contribution in [0.1, 0.15) is 45.6 Å². The summed E-state index contributed by atoms with van der Waals surface area (Å²) in [7, 11) is 0. The second kappa shape index (κ2) is 6.49. The first-order valence-electron chi connectivity index (χ1n) is 6.08. The SMILES string of the molecule is CCCCCc1ccc(NC(C)C)cc1. The highest BCUT2D eigenvalue weighted by molar-refractivity contribution is 5.45. The van der Waals surface area contributed by atoms with Gasteiger partial charge in [0.1, 0.15) is 0 Å². The van der Waals surface area contributed by atoms with Crippen molar-refractivity contribution >= 4 is 5.69 Å². The van der Waals surface area contributed by atoms with Crippen LogP contribution >= 0.6 is 0 Å². The molecule has 1 nitrogen and oxygen atoms in total. The van der Waals surface area contributed by atoms with Crippen molar-refractivity contribution in [3.05, 3.63) is 29.8 Å². The van der Waals surface area contributed by atoms with Gasteiger partial charge in [0, 0.05) is 11.7 Å². The van der Waals surface area contributed by atoms with Crippen LogP contribution in [-0.4, -0.2) is 6.04 Å². The van der Waals surface area contributed by atoms with Crippen LogP contribution in [0, 0.1) is 0 Å². The van der Waals surface area contributed by atoms with Gasteiger partial charge in [0.2, 0.25) is 0 Å². The van der Waals surface area contributed by atoms with Crippen LogP contribution < -0.4 is 5.32 Å². The molecule has 0 aliphatic carbocycles. The van der Waals surface area contributed by atoms with Crippen molar-refractivity contribution in [2.24, 2.45) is 0 Å². The molecule has 0 aliphatic rings. The molecule has 0 saturated carbocycles. The highest BCUT2D eigenvalue weighted by Crippen LogP contribution is 2.12. The topological polar surface area (TPSA) is 12.0 Å². The number of aryl methyl sites for hydroxylation is 1. The molecule has 1 N–H and O–H groups in total. The van der Waals surface area contributed by atoms with Crippen molar-refractivity contribution in [3.63, 3.8) is 0 Å². The van der Waals surface area contributed by atoms with Crippen LogP contribution in [-0.2, 0) is 6.42 Å². The average molecular weight is 205 g/mol. The highest BCUT2D eigenvalue weighted by atomic mass is 14.9. The van der Waals surface area contributed by atoms with E-state index in [-0.39, 0.29) is 0 Å². The molecule has 1 rings (SSSR count). The van der Waals surface area contributed by atoms with E-state index in [1.54, 1.807) is 0 Å². The van der Waals surface area contributed by atoms with Gasteiger partial charge in [-0.05, 0) is 44.4 Å². The van der Waals surface area contributed by atoms with Gasteiger partial charge >= 0.3 is 0 Å². The number of hydrogen-bond acceptors (Lipinski definition) is 1. The largest absolute Gasteiger partial charge is 0.383 e. The van der Waals surface area contributed by atoms with E-state index < -0.39 is 0 Å². The lowest BCUT2D eigenvalue weighted by Crippen LogP contribution is -2.09. The zero-order valence-corrected chi connectivity index (χ0v) is 10.2. The summed E-state index contributed by atoms with van der Waals surface area (Å²) in [6, 6.07) is 9.35. The molecule has 1 heteroatoms. The molecule has 0 radical (unpaired) electrons. The fourth-order valence-electron chi connectivity index (χ4n) is 1.68. The van der Waals surface area contributed by atoms with Gasteiger partial charge in [0.25, 0.3) is 0 Å². The third kappa shape index (κ3) is 4.87. The van der Waals surface area contributed by atoms with Crippen molar-refractivity contribution in [1.82, 2.24) is 0 Å². The second-order valence-corrected chi connectivity index (χ2v) is 4.45. The molecule has 0 unspecified atom stereocenters. The van der Waals surface area contributed by atoms with Crippen molar-refractivity contribution in [2.75, 3.05) is 5.32 Å². The van der Waals surface area contributed by atoms with Crippen LogP contribution in [0.5, 0.6) is 0 Å². The fourth-order valence-corrected chi connectivity index (χ4v) is 1.68. The van der Waals surface area contributed by atoms with Gasteiger partial charge in [-0.2, -0.15) is 0 Å². The molecule has 0 bridgehead atoms. The van der Waals surface area contributed by atoms with Gasteiger partial charge in [-0.1, -0.05) is 31.9 Å². The molecular formula is C14H23N. The number of unbranched alkanes of at least 4 members (excludes halogenated alkanes) is 2. The fraction of sp³-hybridized carbons (Fsp3) is 0.571. The minimum absolute atomic E-state index is 0.510. The van der Waals surface area contributed by atoms with Crippen LogP contribution in [0.25, 0.3) is 0 Å². The van der Waals surface area contributed by atoms with Gasteiger partial charge in [-0.15, -0.1) is 0 Å². The Kier molecular flexibility index (Phi) is 5.23. The van der Waals surface area contributed by atoms with Crippen molar-refractivity contribution in [3.8, 4) is 0 Å². The summed E-state index contributed by atoms with van der Waals surface area (Å²) in [4.78, 5) is 0. The van der Waals surface area contributed by atoms with Crippen LogP contribution in [0.3, 0.4) is 0 Å². The summed E-state index contributed by atoms with van der Waals surface area (Å²) in [5.74, 6) is 0. The van der Waals surface area contributed by atoms with Crippen LogP contribution in [0.2, 0.25) is 0 Å². The van der Waals surface area contributed by atoms with Crippen molar-refractivity contribution < 1.29 is 0 Å². The first-order valence-corrected chi connectivity index (χ1v) is 6.08. The van der Waals surface area contributed by atoms with E-state index in [1.165, 1.54) is 36.9 Å². The molecule has 1 aromatic rings. The lowest BCUT2D eigenvalue weighted by Gasteiger charge is -2.10. The summed E-state index contributed by atoms with van der Waals surface area (Å²) in [5.41, 5.74) is 2.68. The van der Waals surface area contributed by atoms with E-state index in [0.717, 1.165) is 0 Å². The minimum atomic E-state index is 0.510.